The molecule has 3 N–H and O–H groups in total. The van der Waals surface area contributed by atoms with Crippen LogP contribution in [0.3, 0.4) is 0 Å². The van der Waals surface area contributed by atoms with Gasteiger partial charge in [0, 0.05) is 17.7 Å². The maximum absolute atomic E-state index is 12.2. The highest BCUT2D eigenvalue weighted by Gasteiger charge is 2.28. The summed E-state index contributed by atoms with van der Waals surface area (Å²) in [6, 6.07) is 4.78. The van der Waals surface area contributed by atoms with Gasteiger partial charge in [-0.1, -0.05) is 50.7 Å². The number of allylic oxidation sites excluding steroid dienone is 4. The van der Waals surface area contributed by atoms with Crippen molar-refractivity contribution >= 4 is 11.6 Å². The minimum Gasteiger partial charge on any atom is -0.508 e. The molecule has 1 aliphatic rings. The summed E-state index contributed by atoms with van der Waals surface area (Å²) < 4.78 is 4.93. The van der Waals surface area contributed by atoms with Crippen LogP contribution in [0.4, 0.5) is 0 Å². The Hall–Kier alpha value is -3.02. The van der Waals surface area contributed by atoms with E-state index in [1.165, 1.54) is 32.4 Å². The number of hydrogen-bond donors (Lipinski definition) is 3. The molecule has 0 amide bonds. The van der Waals surface area contributed by atoms with E-state index in [-0.39, 0.29) is 28.6 Å². The zero-order valence-electron chi connectivity index (χ0n) is 20.9. The van der Waals surface area contributed by atoms with Gasteiger partial charge in [0.2, 0.25) is 11.6 Å². The number of benzene rings is 1. The van der Waals surface area contributed by atoms with E-state index in [0.29, 0.717) is 6.42 Å². The van der Waals surface area contributed by atoms with Crippen LogP contribution in [0.25, 0.3) is 0 Å². The molecule has 0 unspecified atom stereocenters. The van der Waals surface area contributed by atoms with Crippen molar-refractivity contribution in [1.29, 1.82) is 0 Å². The van der Waals surface area contributed by atoms with Gasteiger partial charge in [-0.3, -0.25) is 9.59 Å². The third kappa shape index (κ3) is 10.4. The predicted molar refractivity (Wildman–Crippen MR) is 137 cm³/mol. The number of aliphatic hydroxyl groups excluding tert-OH is 1. The summed E-state index contributed by atoms with van der Waals surface area (Å²) in [5.41, 5.74) is 1.16. The number of methoxy groups -OCH3 is 1. The number of ketones is 2. The fraction of sp³-hybridized carbons (Fsp3) is 0.517. The lowest BCUT2D eigenvalue weighted by Gasteiger charge is -2.14. The van der Waals surface area contributed by atoms with E-state index in [0.717, 1.165) is 75.8 Å². The number of phenolic OH excluding ortho intramolecular Hbond substituents is 2. The quantitative estimate of drug-likeness (QED) is 0.128. The van der Waals surface area contributed by atoms with Crippen molar-refractivity contribution in [2.45, 2.75) is 89.9 Å². The average Bonchev–Trinajstić information content (AvgIpc) is 2.82. The molecule has 1 aliphatic carbocycles. The summed E-state index contributed by atoms with van der Waals surface area (Å²) in [5.74, 6) is -1.14. The van der Waals surface area contributed by atoms with Crippen LogP contribution in [0.2, 0.25) is 0 Å². The number of rotatable bonds is 17. The summed E-state index contributed by atoms with van der Waals surface area (Å²) in [5, 5.41) is 28.9. The van der Waals surface area contributed by atoms with Crippen molar-refractivity contribution < 1.29 is 29.6 Å². The highest BCUT2D eigenvalue weighted by atomic mass is 16.5. The molecular weight excluding hydrogens is 444 g/mol. The van der Waals surface area contributed by atoms with Crippen LogP contribution in [0.5, 0.6) is 11.5 Å². The lowest BCUT2D eigenvalue weighted by molar-refractivity contribution is -0.119. The van der Waals surface area contributed by atoms with Gasteiger partial charge in [0.1, 0.15) is 11.5 Å². The maximum atomic E-state index is 12.2. The fourth-order valence-corrected chi connectivity index (χ4v) is 4.29. The molecule has 0 bridgehead atoms. The number of aromatic hydroxyl groups is 2. The second-order valence-electron chi connectivity index (χ2n) is 9.18. The minimum atomic E-state index is -0.560. The number of aliphatic hydroxyl groups is 1. The van der Waals surface area contributed by atoms with Crippen LogP contribution in [0, 0.1) is 0 Å². The Labute approximate surface area is 209 Å². The van der Waals surface area contributed by atoms with E-state index in [9.17, 15) is 24.9 Å². The second kappa shape index (κ2) is 15.8. The van der Waals surface area contributed by atoms with E-state index >= 15 is 0 Å². The summed E-state index contributed by atoms with van der Waals surface area (Å²) >= 11 is 0. The first kappa shape index (κ1) is 28.2. The molecule has 0 atom stereocenters. The summed E-state index contributed by atoms with van der Waals surface area (Å²) in [7, 11) is 1.35. The Morgan fingerprint density at radius 3 is 1.80 bits per heavy atom. The van der Waals surface area contributed by atoms with Crippen LogP contribution >= 0.6 is 0 Å². The van der Waals surface area contributed by atoms with Gasteiger partial charge in [0.15, 0.2) is 11.5 Å². The van der Waals surface area contributed by atoms with Crippen molar-refractivity contribution in [1.82, 2.24) is 0 Å². The van der Waals surface area contributed by atoms with Gasteiger partial charge in [-0.05, 0) is 69.1 Å². The molecule has 35 heavy (non-hydrogen) atoms. The van der Waals surface area contributed by atoms with Crippen molar-refractivity contribution in [3.8, 4) is 11.5 Å². The number of ether oxygens (including phenoxy) is 1. The first-order valence-electron chi connectivity index (χ1n) is 12.9. The molecule has 0 saturated heterocycles. The third-order valence-corrected chi connectivity index (χ3v) is 6.26. The Balaban J connectivity index is 1.41. The first-order chi connectivity index (χ1) is 16.9. The predicted octanol–water partition coefficient (Wildman–Crippen LogP) is 6.76. The van der Waals surface area contributed by atoms with E-state index < -0.39 is 11.5 Å². The zero-order chi connectivity index (χ0) is 25.5. The van der Waals surface area contributed by atoms with Crippen LogP contribution in [0.15, 0.2) is 53.5 Å². The molecule has 2 rings (SSSR count). The smallest absolute Gasteiger partial charge is 0.227 e. The van der Waals surface area contributed by atoms with Crippen LogP contribution in [-0.4, -0.2) is 34.0 Å². The van der Waals surface area contributed by atoms with Crippen molar-refractivity contribution in [3.63, 3.8) is 0 Å². The number of hydrogen-bond acceptors (Lipinski definition) is 6. The molecule has 1 aromatic rings. The van der Waals surface area contributed by atoms with Crippen LogP contribution in [0.1, 0.15) is 89.0 Å². The van der Waals surface area contributed by atoms with E-state index in [2.05, 4.69) is 12.2 Å². The summed E-state index contributed by atoms with van der Waals surface area (Å²) in [6.45, 7) is 0. The number of Topliss-reactive ketones (excluding diaryl/α,β-unsaturated/α-hetero) is 1. The largest absolute Gasteiger partial charge is 0.508 e. The van der Waals surface area contributed by atoms with Gasteiger partial charge in [0.25, 0.3) is 0 Å². The molecule has 0 radical (unpaired) electrons. The number of phenols is 2. The third-order valence-electron chi connectivity index (χ3n) is 6.26. The molecule has 0 saturated carbocycles. The van der Waals surface area contributed by atoms with E-state index in [4.69, 9.17) is 4.74 Å². The lowest BCUT2D eigenvalue weighted by atomic mass is 9.94. The van der Waals surface area contributed by atoms with Gasteiger partial charge in [-0.25, -0.2) is 0 Å². The highest BCUT2D eigenvalue weighted by Crippen LogP contribution is 2.24. The molecule has 0 fully saturated rings. The normalized spacial score (nSPS) is 14.1. The Morgan fingerprint density at radius 2 is 1.23 bits per heavy atom. The van der Waals surface area contributed by atoms with E-state index in [1.54, 1.807) is 12.1 Å². The Kier molecular flexibility index (Phi) is 12.7. The molecule has 0 heterocycles. The van der Waals surface area contributed by atoms with Gasteiger partial charge < -0.3 is 20.1 Å². The number of unbranched alkanes of at least 4 members (excludes halogenated alkanes) is 10. The van der Waals surface area contributed by atoms with Crippen LogP contribution in [-0.2, 0) is 20.7 Å². The topological polar surface area (TPSA) is 104 Å². The lowest BCUT2D eigenvalue weighted by Crippen LogP contribution is -2.20. The molecule has 0 aromatic heterocycles. The van der Waals surface area contributed by atoms with Crippen LogP contribution < -0.4 is 0 Å². The number of carbonyl (C=O) groups is 2. The van der Waals surface area contributed by atoms with E-state index in [1.807, 2.05) is 0 Å². The Morgan fingerprint density at radius 1 is 0.714 bits per heavy atom. The average molecular weight is 485 g/mol. The van der Waals surface area contributed by atoms with Crippen molar-refractivity contribution in [2.75, 3.05) is 7.11 Å². The summed E-state index contributed by atoms with van der Waals surface area (Å²) in [6.07, 6.45) is 20.0. The fourth-order valence-electron chi connectivity index (χ4n) is 4.29. The zero-order valence-corrected chi connectivity index (χ0v) is 20.9. The Bertz CT molecular complexity index is 905. The van der Waals surface area contributed by atoms with Crippen molar-refractivity contribution in [3.05, 3.63) is 59.1 Å². The molecule has 6 heteroatoms. The van der Waals surface area contributed by atoms with Gasteiger partial charge in [-0.15, -0.1) is 0 Å². The van der Waals surface area contributed by atoms with Gasteiger partial charge in [-0.2, -0.15) is 0 Å². The van der Waals surface area contributed by atoms with Gasteiger partial charge >= 0.3 is 0 Å². The molecule has 1 aromatic carbocycles. The second-order valence-corrected chi connectivity index (χ2v) is 9.18. The highest BCUT2D eigenvalue weighted by molar-refractivity contribution is 6.20. The first-order valence-corrected chi connectivity index (χ1v) is 12.9. The molecular formula is C29H40O6. The molecule has 0 spiro atoms. The number of aryl methyl sites for hydroxylation is 1. The summed E-state index contributed by atoms with van der Waals surface area (Å²) in [4.78, 5) is 23.9. The molecule has 6 nitrogen and oxygen atoms in total. The monoisotopic (exact) mass is 484 g/mol. The minimum absolute atomic E-state index is 0.00133. The SMILES string of the molecule is COC1=CC(=O)C(O)=C(CCCCCCC/C=C\CCCCCCCc2cc(O)cc(O)c2)C1=O. The number of carbonyl (C=O) groups excluding carboxylic acids is 2. The standard InChI is InChI=1S/C29H40O6/c1-35-27-21-26(32)28(33)25(29(27)34)17-15-13-11-9-7-5-3-2-4-6-8-10-12-14-16-22-18-23(30)20-24(31)19-22/h2-3,18-21,30-31,33H,4-17H2,1H3/b3-2-. The van der Waals surface area contributed by atoms with Gasteiger partial charge in [0.05, 0.1) is 7.11 Å². The maximum Gasteiger partial charge on any atom is 0.227 e. The molecule has 192 valence electrons. The molecule has 0 aliphatic heterocycles. The van der Waals surface area contributed by atoms with Crippen molar-refractivity contribution in [2.24, 2.45) is 0 Å².